The van der Waals surface area contributed by atoms with Crippen molar-refractivity contribution < 1.29 is 0 Å². The van der Waals surface area contributed by atoms with Gasteiger partial charge in [-0.2, -0.15) is 0 Å². The molecule has 0 aromatic heterocycles. The average Bonchev–Trinajstić information content (AvgIpc) is 2.51. The molecular formula is C18H17BrCl2. The highest BCUT2D eigenvalue weighted by atomic mass is 79.9. The molecule has 21 heavy (non-hydrogen) atoms. The van der Waals surface area contributed by atoms with E-state index < -0.39 is 0 Å². The predicted octanol–water partition coefficient (Wildman–Crippen LogP) is 6.21. The van der Waals surface area contributed by atoms with Crippen molar-refractivity contribution in [2.75, 3.05) is 5.33 Å². The van der Waals surface area contributed by atoms with E-state index in [-0.39, 0.29) is 5.41 Å². The van der Waals surface area contributed by atoms with Crippen molar-refractivity contribution in [2.45, 2.75) is 31.1 Å². The Bertz CT molecular complexity index is 633. The molecule has 3 heteroatoms. The first-order valence-electron chi connectivity index (χ1n) is 7.23. The molecule has 0 nitrogen and oxygen atoms in total. The average molecular weight is 384 g/mol. The van der Waals surface area contributed by atoms with Crippen LogP contribution >= 0.6 is 39.1 Å². The van der Waals surface area contributed by atoms with Gasteiger partial charge in [0.2, 0.25) is 0 Å². The minimum Gasteiger partial charge on any atom is -0.0918 e. The number of hydrogen-bond acceptors (Lipinski definition) is 0. The first-order valence-corrected chi connectivity index (χ1v) is 9.11. The van der Waals surface area contributed by atoms with E-state index >= 15 is 0 Å². The van der Waals surface area contributed by atoms with Gasteiger partial charge in [-0.15, -0.1) is 0 Å². The fourth-order valence-corrected chi connectivity index (χ4v) is 4.73. The Morgan fingerprint density at radius 3 is 2.43 bits per heavy atom. The second-order valence-corrected chi connectivity index (χ2v) is 7.18. The molecule has 0 bridgehead atoms. The number of aryl methyl sites for hydroxylation is 1. The molecular weight excluding hydrogens is 367 g/mol. The minimum absolute atomic E-state index is 0.0868. The molecule has 0 aliphatic heterocycles. The van der Waals surface area contributed by atoms with Crippen molar-refractivity contribution in [3.63, 3.8) is 0 Å². The summed E-state index contributed by atoms with van der Waals surface area (Å²) in [5, 5.41) is 2.47. The zero-order chi connectivity index (χ0) is 14.9. The summed E-state index contributed by atoms with van der Waals surface area (Å²) in [6.45, 7) is 0. The smallest absolute Gasteiger partial charge is 0.0453 e. The van der Waals surface area contributed by atoms with Gasteiger partial charge in [0.05, 0.1) is 0 Å². The maximum Gasteiger partial charge on any atom is 0.0453 e. The first-order chi connectivity index (χ1) is 10.2. The zero-order valence-corrected chi connectivity index (χ0v) is 14.8. The molecule has 110 valence electrons. The van der Waals surface area contributed by atoms with Gasteiger partial charge in [-0.05, 0) is 54.5 Å². The van der Waals surface area contributed by atoms with Gasteiger partial charge < -0.3 is 0 Å². The van der Waals surface area contributed by atoms with E-state index in [4.69, 9.17) is 23.2 Å². The summed E-state index contributed by atoms with van der Waals surface area (Å²) in [7, 11) is 0. The Balaban J connectivity index is 2.07. The summed E-state index contributed by atoms with van der Waals surface area (Å²) in [5.74, 6) is 0. The quantitative estimate of drug-likeness (QED) is 0.553. The molecule has 0 saturated heterocycles. The molecule has 1 atom stereocenters. The largest absolute Gasteiger partial charge is 0.0918 e. The predicted molar refractivity (Wildman–Crippen MR) is 95.0 cm³/mol. The molecule has 3 rings (SSSR count). The SMILES string of the molecule is Clc1cccc(Cl)c1CC1(CBr)CCCc2ccccc21. The molecule has 1 unspecified atom stereocenters. The van der Waals surface area contributed by atoms with Gasteiger partial charge in [-0.3, -0.25) is 0 Å². The Morgan fingerprint density at radius 2 is 1.71 bits per heavy atom. The summed E-state index contributed by atoms with van der Waals surface area (Å²) in [5.41, 5.74) is 4.07. The van der Waals surface area contributed by atoms with Crippen LogP contribution in [0, 0.1) is 0 Å². The van der Waals surface area contributed by atoms with Crippen LogP contribution < -0.4 is 0 Å². The molecule has 0 N–H and O–H groups in total. The Morgan fingerprint density at radius 1 is 1.00 bits per heavy atom. The molecule has 1 aliphatic rings. The molecule has 0 radical (unpaired) electrons. The molecule has 0 saturated carbocycles. The van der Waals surface area contributed by atoms with Crippen LogP contribution in [0.2, 0.25) is 10.0 Å². The van der Waals surface area contributed by atoms with Gasteiger partial charge in [0.1, 0.15) is 0 Å². The van der Waals surface area contributed by atoms with Crippen LogP contribution in [0.15, 0.2) is 42.5 Å². The highest BCUT2D eigenvalue weighted by molar-refractivity contribution is 9.09. The van der Waals surface area contributed by atoms with Gasteiger partial charge in [-0.1, -0.05) is 69.5 Å². The Kier molecular flexibility index (Phi) is 4.63. The molecule has 0 heterocycles. The van der Waals surface area contributed by atoms with Gasteiger partial charge in [0, 0.05) is 20.8 Å². The fraction of sp³-hybridized carbons (Fsp3) is 0.333. The van der Waals surface area contributed by atoms with Crippen LogP contribution in [0.1, 0.15) is 29.5 Å². The Labute approximate surface area is 144 Å². The molecule has 0 amide bonds. The van der Waals surface area contributed by atoms with Gasteiger partial charge in [-0.25, -0.2) is 0 Å². The monoisotopic (exact) mass is 382 g/mol. The van der Waals surface area contributed by atoms with E-state index in [1.54, 1.807) is 0 Å². The summed E-state index contributed by atoms with van der Waals surface area (Å²) >= 11 is 16.5. The van der Waals surface area contributed by atoms with Crippen molar-refractivity contribution in [1.82, 2.24) is 0 Å². The van der Waals surface area contributed by atoms with Crippen molar-refractivity contribution in [3.05, 3.63) is 69.2 Å². The summed E-state index contributed by atoms with van der Waals surface area (Å²) < 4.78 is 0. The second-order valence-electron chi connectivity index (χ2n) is 5.80. The van der Waals surface area contributed by atoms with Crippen LogP contribution in [-0.2, 0) is 18.3 Å². The lowest BCUT2D eigenvalue weighted by Crippen LogP contribution is -2.35. The lowest BCUT2D eigenvalue weighted by molar-refractivity contribution is 0.401. The number of fused-ring (bicyclic) bond motifs is 1. The van der Waals surface area contributed by atoms with Crippen molar-refractivity contribution >= 4 is 39.1 Å². The third kappa shape index (κ3) is 2.88. The van der Waals surface area contributed by atoms with E-state index in [0.717, 1.165) is 33.8 Å². The lowest BCUT2D eigenvalue weighted by atomic mass is 9.68. The van der Waals surface area contributed by atoms with Gasteiger partial charge >= 0.3 is 0 Å². The third-order valence-corrected chi connectivity index (χ3v) is 6.30. The summed E-state index contributed by atoms with van der Waals surface area (Å²) in [6, 6.07) is 14.5. The highest BCUT2D eigenvalue weighted by Gasteiger charge is 2.36. The lowest BCUT2D eigenvalue weighted by Gasteiger charge is -2.38. The van der Waals surface area contributed by atoms with E-state index in [2.05, 4.69) is 40.2 Å². The summed E-state index contributed by atoms with van der Waals surface area (Å²) in [6.07, 6.45) is 4.43. The van der Waals surface area contributed by atoms with E-state index in [9.17, 15) is 0 Å². The van der Waals surface area contributed by atoms with Crippen LogP contribution in [-0.4, -0.2) is 5.33 Å². The summed E-state index contributed by atoms with van der Waals surface area (Å²) in [4.78, 5) is 0. The second kappa shape index (κ2) is 6.32. The van der Waals surface area contributed by atoms with Crippen LogP contribution in [0.5, 0.6) is 0 Å². The molecule has 2 aromatic rings. The maximum absolute atomic E-state index is 6.40. The van der Waals surface area contributed by atoms with E-state index in [0.29, 0.717) is 0 Å². The normalized spacial score (nSPS) is 21.1. The van der Waals surface area contributed by atoms with Gasteiger partial charge in [0.25, 0.3) is 0 Å². The standard InChI is InChI=1S/C18H17BrCl2/c19-12-18(11-14-16(20)8-3-9-17(14)21)10-4-6-13-5-1-2-7-15(13)18/h1-3,5,7-9H,4,6,10-12H2. The number of halogens is 3. The fourth-order valence-electron chi connectivity index (χ4n) is 3.42. The maximum atomic E-state index is 6.40. The number of hydrogen-bond donors (Lipinski definition) is 0. The molecule has 0 fully saturated rings. The zero-order valence-electron chi connectivity index (χ0n) is 11.7. The molecule has 1 aliphatic carbocycles. The first kappa shape index (κ1) is 15.4. The van der Waals surface area contributed by atoms with E-state index in [1.165, 1.54) is 24.0 Å². The Hall–Kier alpha value is -0.500. The number of benzene rings is 2. The van der Waals surface area contributed by atoms with Crippen molar-refractivity contribution in [1.29, 1.82) is 0 Å². The number of rotatable bonds is 3. The van der Waals surface area contributed by atoms with Crippen molar-refractivity contribution in [3.8, 4) is 0 Å². The van der Waals surface area contributed by atoms with Crippen LogP contribution in [0.3, 0.4) is 0 Å². The third-order valence-electron chi connectivity index (χ3n) is 4.52. The molecule has 0 spiro atoms. The number of alkyl halides is 1. The van der Waals surface area contributed by atoms with Crippen LogP contribution in [0.4, 0.5) is 0 Å². The highest BCUT2D eigenvalue weighted by Crippen LogP contribution is 2.43. The minimum atomic E-state index is 0.0868. The van der Waals surface area contributed by atoms with Crippen LogP contribution in [0.25, 0.3) is 0 Å². The topological polar surface area (TPSA) is 0 Å². The van der Waals surface area contributed by atoms with Gasteiger partial charge in [0.15, 0.2) is 0 Å². The van der Waals surface area contributed by atoms with E-state index in [1.807, 2.05) is 18.2 Å². The molecule has 2 aromatic carbocycles. The van der Waals surface area contributed by atoms with Crippen molar-refractivity contribution in [2.24, 2.45) is 0 Å².